The van der Waals surface area contributed by atoms with Gasteiger partial charge >= 0.3 is 6.03 Å². The number of aryl methyl sites for hydroxylation is 1. The number of aromatic nitrogens is 4. The van der Waals surface area contributed by atoms with Gasteiger partial charge < -0.3 is 15.4 Å². The van der Waals surface area contributed by atoms with Crippen molar-refractivity contribution in [1.29, 1.82) is 0 Å². The van der Waals surface area contributed by atoms with E-state index in [0.29, 0.717) is 18.3 Å². The number of hydrogen-bond acceptors (Lipinski definition) is 5. The molecule has 2 amide bonds. The van der Waals surface area contributed by atoms with Crippen molar-refractivity contribution < 1.29 is 9.90 Å². The fourth-order valence-electron chi connectivity index (χ4n) is 2.62. The molecule has 0 aliphatic carbocycles. The number of carbonyl (C=O) groups is 1. The van der Waals surface area contributed by atoms with Crippen LogP contribution in [0.15, 0.2) is 24.5 Å². The Labute approximate surface area is 164 Å². The van der Waals surface area contributed by atoms with E-state index in [1.165, 1.54) is 0 Å². The quantitative estimate of drug-likeness (QED) is 0.547. The SMILES string of the molecule is CC.CCNC(=O)Nc1nc2c(C)cc(-c3cnc(C(C)(C)O)nc3)cc2[nH]1. The summed E-state index contributed by atoms with van der Waals surface area (Å²) in [6.07, 6.45) is 3.37. The van der Waals surface area contributed by atoms with Crippen LogP contribution in [0.2, 0.25) is 0 Å². The summed E-state index contributed by atoms with van der Waals surface area (Å²) in [5.74, 6) is 0.758. The van der Waals surface area contributed by atoms with Crippen molar-refractivity contribution in [2.45, 2.75) is 47.1 Å². The number of urea groups is 1. The van der Waals surface area contributed by atoms with Crippen molar-refractivity contribution in [3.63, 3.8) is 0 Å². The molecule has 0 aliphatic rings. The molecule has 4 N–H and O–H groups in total. The lowest BCUT2D eigenvalue weighted by Gasteiger charge is -2.15. The Balaban J connectivity index is 0.00000136. The van der Waals surface area contributed by atoms with Crippen molar-refractivity contribution in [3.8, 4) is 11.1 Å². The molecule has 3 aromatic rings. The van der Waals surface area contributed by atoms with E-state index in [0.717, 1.165) is 27.7 Å². The van der Waals surface area contributed by atoms with Gasteiger partial charge in [0.1, 0.15) is 5.60 Å². The number of H-pyrrole nitrogens is 1. The highest BCUT2D eigenvalue weighted by atomic mass is 16.3. The zero-order valence-electron chi connectivity index (χ0n) is 17.2. The van der Waals surface area contributed by atoms with Crippen molar-refractivity contribution >= 4 is 23.0 Å². The van der Waals surface area contributed by atoms with Gasteiger partial charge in [-0.05, 0) is 51.0 Å². The molecule has 0 spiro atoms. The fourth-order valence-corrected chi connectivity index (χ4v) is 2.62. The van der Waals surface area contributed by atoms with Gasteiger partial charge in [0.15, 0.2) is 5.82 Å². The van der Waals surface area contributed by atoms with E-state index in [1.807, 2.05) is 39.8 Å². The molecule has 8 heteroatoms. The summed E-state index contributed by atoms with van der Waals surface area (Å²) in [7, 11) is 0. The molecular formula is C20H28N6O2. The Morgan fingerprint density at radius 1 is 1.18 bits per heavy atom. The minimum atomic E-state index is -1.08. The summed E-state index contributed by atoms with van der Waals surface area (Å²) in [5, 5.41) is 15.3. The molecule has 0 saturated carbocycles. The predicted molar refractivity (Wildman–Crippen MR) is 111 cm³/mol. The zero-order chi connectivity index (χ0) is 20.9. The smallest absolute Gasteiger partial charge is 0.321 e. The topological polar surface area (TPSA) is 116 Å². The number of anilines is 1. The van der Waals surface area contributed by atoms with Crippen LogP contribution in [-0.4, -0.2) is 37.6 Å². The molecule has 0 bridgehead atoms. The first kappa shape index (κ1) is 21.3. The number of carbonyl (C=O) groups excluding carboxylic acids is 1. The third-order valence-electron chi connectivity index (χ3n) is 3.88. The monoisotopic (exact) mass is 384 g/mol. The van der Waals surface area contributed by atoms with Crippen LogP contribution in [0.3, 0.4) is 0 Å². The molecule has 8 nitrogen and oxygen atoms in total. The van der Waals surface area contributed by atoms with Gasteiger partial charge in [-0.25, -0.2) is 19.7 Å². The molecule has 0 radical (unpaired) electrons. The lowest BCUT2D eigenvalue weighted by atomic mass is 10.0. The Kier molecular flexibility index (Phi) is 6.69. The standard InChI is InChI=1S/C18H22N6O2.C2H6/c1-5-19-17(25)24-16-22-13-7-11(6-10(2)14(13)23-16)12-8-20-15(21-9-12)18(3,4)26;1-2/h6-9,26H,5H2,1-4H3,(H3,19,22,23,24,25);1-2H3. The Bertz CT molecular complexity index is 942. The van der Waals surface area contributed by atoms with E-state index >= 15 is 0 Å². The highest BCUT2D eigenvalue weighted by Gasteiger charge is 2.19. The molecule has 0 fully saturated rings. The van der Waals surface area contributed by atoms with Crippen LogP contribution < -0.4 is 10.6 Å². The molecule has 0 aliphatic heterocycles. The largest absolute Gasteiger partial charge is 0.382 e. The maximum absolute atomic E-state index is 11.7. The normalized spacial score (nSPS) is 11.0. The molecule has 3 rings (SSSR count). The first-order valence-corrected chi connectivity index (χ1v) is 9.38. The number of hydrogen-bond donors (Lipinski definition) is 4. The van der Waals surface area contributed by atoms with E-state index in [9.17, 15) is 9.90 Å². The summed E-state index contributed by atoms with van der Waals surface area (Å²) < 4.78 is 0. The minimum Gasteiger partial charge on any atom is -0.382 e. The number of imidazole rings is 1. The first-order chi connectivity index (χ1) is 13.3. The molecule has 2 aromatic heterocycles. The van der Waals surface area contributed by atoms with Gasteiger partial charge in [0.25, 0.3) is 0 Å². The van der Waals surface area contributed by atoms with E-state index in [1.54, 1.807) is 26.2 Å². The Hall–Kier alpha value is -3.00. The molecular weight excluding hydrogens is 356 g/mol. The summed E-state index contributed by atoms with van der Waals surface area (Å²) in [5.41, 5.74) is 3.22. The summed E-state index contributed by atoms with van der Waals surface area (Å²) >= 11 is 0. The van der Waals surface area contributed by atoms with Crippen molar-refractivity contribution in [1.82, 2.24) is 25.3 Å². The zero-order valence-corrected chi connectivity index (χ0v) is 17.2. The number of aliphatic hydroxyl groups is 1. The van der Waals surface area contributed by atoms with Crippen LogP contribution >= 0.6 is 0 Å². The van der Waals surface area contributed by atoms with Crippen LogP contribution in [0.1, 0.15) is 46.0 Å². The number of benzene rings is 1. The third kappa shape index (κ3) is 4.83. The first-order valence-electron chi connectivity index (χ1n) is 9.38. The van der Waals surface area contributed by atoms with E-state index in [4.69, 9.17) is 0 Å². The summed E-state index contributed by atoms with van der Waals surface area (Å²) in [4.78, 5) is 27.7. The second-order valence-electron chi connectivity index (χ2n) is 6.61. The van der Waals surface area contributed by atoms with Crippen molar-refractivity contribution in [2.75, 3.05) is 11.9 Å². The van der Waals surface area contributed by atoms with Gasteiger partial charge in [-0.3, -0.25) is 5.32 Å². The number of amides is 2. The fraction of sp³-hybridized carbons (Fsp3) is 0.400. The average molecular weight is 384 g/mol. The second kappa shape index (κ2) is 8.79. The van der Waals surface area contributed by atoms with Gasteiger partial charge in [0.2, 0.25) is 5.95 Å². The molecule has 0 saturated heterocycles. The maximum Gasteiger partial charge on any atom is 0.321 e. The van der Waals surface area contributed by atoms with Crippen LogP contribution in [-0.2, 0) is 5.60 Å². The number of nitrogens with zero attached hydrogens (tertiary/aromatic N) is 3. The summed E-state index contributed by atoms with van der Waals surface area (Å²) in [6.45, 7) is 11.6. The highest BCUT2D eigenvalue weighted by molar-refractivity contribution is 5.91. The van der Waals surface area contributed by atoms with Gasteiger partial charge in [-0.2, -0.15) is 0 Å². The van der Waals surface area contributed by atoms with Crippen LogP contribution in [0, 0.1) is 6.92 Å². The van der Waals surface area contributed by atoms with Crippen molar-refractivity contribution in [3.05, 3.63) is 35.9 Å². The summed E-state index contributed by atoms with van der Waals surface area (Å²) in [6, 6.07) is 3.61. The van der Waals surface area contributed by atoms with Crippen LogP contribution in [0.5, 0.6) is 0 Å². The van der Waals surface area contributed by atoms with Gasteiger partial charge in [0, 0.05) is 24.5 Å². The molecule has 150 valence electrons. The third-order valence-corrected chi connectivity index (χ3v) is 3.88. The lowest BCUT2D eigenvalue weighted by Crippen LogP contribution is -2.28. The molecule has 28 heavy (non-hydrogen) atoms. The lowest BCUT2D eigenvalue weighted by molar-refractivity contribution is 0.0687. The van der Waals surface area contributed by atoms with Crippen LogP contribution in [0.4, 0.5) is 10.7 Å². The Morgan fingerprint density at radius 2 is 1.82 bits per heavy atom. The average Bonchev–Trinajstić information content (AvgIpc) is 3.06. The van der Waals surface area contributed by atoms with Crippen LogP contribution in [0.25, 0.3) is 22.2 Å². The highest BCUT2D eigenvalue weighted by Crippen LogP contribution is 2.27. The molecule has 0 unspecified atom stereocenters. The van der Waals surface area contributed by atoms with Gasteiger partial charge in [0.05, 0.1) is 11.0 Å². The maximum atomic E-state index is 11.7. The second-order valence-corrected chi connectivity index (χ2v) is 6.61. The van der Waals surface area contributed by atoms with E-state index in [-0.39, 0.29) is 6.03 Å². The number of nitrogens with one attached hydrogen (secondary N) is 3. The van der Waals surface area contributed by atoms with Gasteiger partial charge in [-0.1, -0.05) is 13.8 Å². The number of aromatic amines is 1. The number of rotatable bonds is 4. The van der Waals surface area contributed by atoms with E-state index in [2.05, 4.69) is 30.6 Å². The molecule has 1 aromatic carbocycles. The molecule has 0 atom stereocenters. The van der Waals surface area contributed by atoms with Crippen molar-refractivity contribution in [2.24, 2.45) is 0 Å². The van der Waals surface area contributed by atoms with Gasteiger partial charge in [-0.15, -0.1) is 0 Å². The predicted octanol–water partition coefficient (Wildman–Crippen LogP) is 3.72. The number of fused-ring (bicyclic) bond motifs is 1. The minimum absolute atomic E-state index is 0.306. The van der Waals surface area contributed by atoms with E-state index < -0.39 is 5.60 Å². The Morgan fingerprint density at radius 3 is 2.39 bits per heavy atom. The molecule has 2 heterocycles.